The quantitative estimate of drug-likeness (QED) is 0.673. The standard InChI is InChI=1S/C14H14F3N3O/c1-8-5-6-9-3-2-4-11(12(9)20-8)21-7-10(13(18)19)14(15,16)17/h2-6,10H,7H2,1H3,(H3,18,19). The summed E-state index contributed by atoms with van der Waals surface area (Å²) in [6.07, 6.45) is -4.61. The van der Waals surface area contributed by atoms with Crippen LogP contribution in [0.3, 0.4) is 0 Å². The Bertz CT molecular complexity index is 670. The first kappa shape index (κ1) is 15.1. The number of aryl methyl sites for hydroxylation is 1. The van der Waals surface area contributed by atoms with Gasteiger partial charge in [0, 0.05) is 11.1 Å². The molecule has 0 bridgehead atoms. The largest absolute Gasteiger partial charge is 0.490 e. The van der Waals surface area contributed by atoms with E-state index in [0.717, 1.165) is 11.1 Å². The average Bonchev–Trinajstić information content (AvgIpc) is 2.37. The van der Waals surface area contributed by atoms with Crippen LogP contribution in [0.5, 0.6) is 5.75 Å². The Morgan fingerprint density at radius 1 is 1.33 bits per heavy atom. The van der Waals surface area contributed by atoms with Crippen molar-refractivity contribution in [3.8, 4) is 5.75 Å². The molecule has 3 N–H and O–H groups in total. The van der Waals surface area contributed by atoms with E-state index in [1.54, 1.807) is 31.2 Å². The van der Waals surface area contributed by atoms with Gasteiger partial charge in [0.05, 0.1) is 0 Å². The Morgan fingerprint density at radius 3 is 2.67 bits per heavy atom. The highest BCUT2D eigenvalue weighted by molar-refractivity contribution is 5.84. The lowest BCUT2D eigenvalue weighted by atomic mass is 10.1. The first-order valence-corrected chi connectivity index (χ1v) is 6.19. The van der Waals surface area contributed by atoms with Gasteiger partial charge in [0.2, 0.25) is 0 Å². The molecule has 4 nitrogen and oxygen atoms in total. The lowest BCUT2D eigenvalue weighted by molar-refractivity contribution is -0.161. The summed E-state index contributed by atoms with van der Waals surface area (Å²) in [6.45, 7) is 1.04. The first-order chi connectivity index (χ1) is 9.79. The number of aromatic nitrogens is 1. The van der Waals surface area contributed by atoms with Crippen molar-refractivity contribution in [1.29, 1.82) is 5.41 Å². The number of pyridine rings is 1. The van der Waals surface area contributed by atoms with Crippen molar-refractivity contribution in [2.45, 2.75) is 13.1 Å². The highest BCUT2D eigenvalue weighted by atomic mass is 19.4. The summed E-state index contributed by atoms with van der Waals surface area (Å²) >= 11 is 0. The fourth-order valence-corrected chi connectivity index (χ4v) is 1.87. The molecule has 1 unspecified atom stereocenters. The third kappa shape index (κ3) is 3.42. The van der Waals surface area contributed by atoms with Crippen LogP contribution in [0.1, 0.15) is 5.69 Å². The van der Waals surface area contributed by atoms with Gasteiger partial charge in [-0.2, -0.15) is 13.2 Å². The molecule has 1 atom stereocenters. The number of ether oxygens (including phenoxy) is 1. The van der Waals surface area contributed by atoms with E-state index in [-0.39, 0.29) is 5.75 Å². The van der Waals surface area contributed by atoms with Crippen LogP contribution >= 0.6 is 0 Å². The lowest BCUT2D eigenvalue weighted by Crippen LogP contribution is -2.39. The molecular formula is C14H14F3N3O. The molecule has 2 rings (SSSR count). The van der Waals surface area contributed by atoms with Crippen LogP contribution in [-0.2, 0) is 0 Å². The zero-order valence-corrected chi connectivity index (χ0v) is 11.2. The number of alkyl halides is 3. The topological polar surface area (TPSA) is 72.0 Å². The zero-order valence-electron chi connectivity index (χ0n) is 11.2. The van der Waals surface area contributed by atoms with Gasteiger partial charge in [0.25, 0.3) is 0 Å². The molecule has 0 aliphatic carbocycles. The molecular weight excluding hydrogens is 283 g/mol. The van der Waals surface area contributed by atoms with Gasteiger partial charge in [0.1, 0.15) is 29.6 Å². The zero-order chi connectivity index (χ0) is 15.6. The van der Waals surface area contributed by atoms with Crippen molar-refractivity contribution >= 4 is 16.7 Å². The van der Waals surface area contributed by atoms with Crippen LogP contribution in [0.25, 0.3) is 10.9 Å². The smallest absolute Gasteiger partial charge is 0.401 e. The van der Waals surface area contributed by atoms with Crippen LogP contribution in [-0.4, -0.2) is 23.6 Å². The number of hydrogen-bond donors (Lipinski definition) is 2. The van der Waals surface area contributed by atoms with E-state index in [1.165, 1.54) is 0 Å². The van der Waals surface area contributed by atoms with Crippen LogP contribution < -0.4 is 10.5 Å². The van der Waals surface area contributed by atoms with Crippen molar-refractivity contribution in [3.05, 3.63) is 36.0 Å². The fraction of sp³-hybridized carbons (Fsp3) is 0.286. The highest BCUT2D eigenvalue weighted by Crippen LogP contribution is 2.29. The number of benzene rings is 1. The van der Waals surface area contributed by atoms with Crippen molar-refractivity contribution in [2.75, 3.05) is 6.61 Å². The molecule has 0 aliphatic heterocycles. The van der Waals surface area contributed by atoms with E-state index < -0.39 is 24.5 Å². The predicted octanol–water partition coefficient (Wildman–Crippen LogP) is 3.04. The van der Waals surface area contributed by atoms with E-state index in [9.17, 15) is 13.2 Å². The second-order valence-corrected chi connectivity index (χ2v) is 4.64. The molecule has 0 spiro atoms. The summed E-state index contributed by atoms with van der Waals surface area (Å²) < 4.78 is 43.4. The molecule has 1 aromatic carbocycles. The van der Waals surface area contributed by atoms with E-state index >= 15 is 0 Å². The Kier molecular flexibility index (Phi) is 4.02. The van der Waals surface area contributed by atoms with Crippen LogP contribution in [0.15, 0.2) is 30.3 Å². The molecule has 0 radical (unpaired) electrons. The van der Waals surface area contributed by atoms with Gasteiger partial charge in [-0.3, -0.25) is 5.41 Å². The summed E-state index contributed by atoms with van der Waals surface area (Å²) in [5.74, 6) is -2.85. The fourth-order valence-electron chi connectivity index (χ4n) is 1.87. The summed E-state index contributed by atoms with van der Waals surface area (Å²) in [7, 11) is 0. The molecule has 21 heavy (non-hydrogen) atoms. The maximum Gasteiger partial charge on any atom is 0.401 e. The maximum absolute atomic E-state index is 12.7. The maximum atomic E-state index is 12.7. The average molecular weight is 297 g/mol. The summed E-state index contributed by atoms with van der Waals surface area (Å²) in [4.78, 5) is 4.27. The minimum atomic E-state index is -4.61. The number of fused-ring (bicyclic) bond motifs is 1. The Hall–Kier alpha value is -2.31. The van der Waals surface area contributed by atoms with Crippen molar-refractivity contribution in [2.24, 2.45) is 11.7 Å². The molecule has 0 aliphatic rings. The molecule has 2 aromatic rings. The Morgan fingerprint density at radius 2 is 2.05 bits per heavy atom. The van der Waals surface area contributed by atoms with Crippen LogP contribution in [0, 0.1) is 18.3 Å². The van der Waals surface area contributed by atoms with Gasteiger partial charge in [0.15, 0.2) is 0 Å². The minimum absolute atomic E-state index is 0.242. The van der Waals surface area contributed by atoms with Gasteiger partial charge < -0.3 is 10.5 Å². The Labute approximate surface area is 119 Å². The van der Waals surface area contributed by atoms with Crippen molar-refractivity contribution in [3.63, 3.8) is 0 Å². The first-order valence-electron chi connectivity index (χ1n) is 6.19. The minimum Gasteiger partial charge on any atom is -0.490 e. The molecule has 1 aromatic heterocycles. The van der Waals surface area contributed by atoms with Gasteiger partial charge in [-0.05, 0) is 19.1 Å². The number of halogens is 3. The lowest BCUT2D eigenvalue weighted by Gasteiger charge is -2.19. The van der Waals surface area contributed by atoms with E-state index in [4.69, 9.17) is 15.9 Å². The second-order valence-electron chi connectivity index (χ2n) is 4.64. The third-order valence-corrected chi connectivity index (χ3v) is 3.00. The molecule has 112 valence electrons. The van der Waals surface area contributed by atoms with Gasteiger partial charge in [-0.1, -0.05) is 18.2 Å². The molecule has 7 heteroatoms. The molecule has 1 heterocycles. The molecule has 0 saturated heterocycles. The monoisotopic (exact) mass is 297 g/mol. The normalized spacial score (nSPS) is 13.1. The van der Waals surface area contributed by atoms with Crippen molar-refractivity contribution in [1.82, 2.24) is 4.98 Å². The number of hydrogen-bond acceptors (Lipinski definition) is 3. The second kappa shape index (κ2) is 5.59. The number of amidine groups is 1. The predicted molar refractivity (Wildman–Crippen MR) is 73.4 cm³/mol. The van der Waals surface area contributed by atoms with Gasteiger partial charge >= 0.3 is 6.18 Å². The summed E-state index contributed by atoms with van der Waals surface area (Å²) in [6, 6.07) is 8.63. The van der Waals surface area contributed by atoms with Crippen LogP contribution in [0.4, 0.5) is 13.2 Å². The number of rotatable bonds is 4. The third-order valence-electron chi connectivity index (χ3n) is 3.00. The van der Waals surface area contributed by atoms with Gasteiger partial charge in [-0.25, -0.2) is 4.98 Å². The molecule has 0 fully saturated rings. The number of para-hydroxylation sites is 1. The van der Waals surface area contributed by atoms with Gasteiger partial charge in [-0.15, -0.1) is 0 Å². The van der Waals surface area contributed by atoms with Crippen LogP contribution in [0.2, 0.25) is 0 Å². The van der Waals surface area contributed by atoms with Crippen molar-refractivity contribution < 1.29 is 17.9 Å². The number of nitrogens with two attached hydrogens (primary N) is 1. The van der Waals surface area contributed by atoms with E-state index in [1.807, 2.05) is 6.07 Å². The SMILES string of the molecule is Cc1ccc2cccc(OCC(C(=N)N)C(F)(F)F)c2n1. The molecule has 0 amide bonds. The highest BCUT2D eigenvalue weighted by Gasteiger charge is 2.42. The number of nitrogens with zero attached hydrogens (tertiary/aromatic N) is 1. The number of nitrogens with one attached hydrogen (secondary N) is 1. The summed E-state index contributed by atoms with van der Waals surface area (Å²) in [5, 5.41) is 7.80. The Balaban J connectivity index is 2.28. The molecule has 0 saturated carbocycles. The summed E-state index contributed by atoms with van der Waals surface area (Å²) in [5.41, 5.74) is 6.21. The van der Waals surface area contributed by atoms with E-state index in [0.29, 0.717) is 5.52 Å². The van der Waals surface area contributed by atoms with E-state index in [2.05, 4.69) is 4.98 Å².